The molecule has 2 fully saturated rings. The third-order valence-corrected chi connectivity index (χ3v) is 7.73. The summed E-state index contributed by atoms with van der Waals surface area (Å²) in [7, 11) is 1.79. The van der Waals surface area contributed by atoms with E-state index in [1.54, 1.807) is 48.4 Å². The highest BCUT2D eigenvalue weighted by atomic mass is 19.3. The van der Waals surface area contributed by atoms with Crippen molar-refractivity contribution in [3.05, 3.63) is 65.6 Å². The number of ether oxygens (including phenoxy) is 1. The Balaban J connectivity index is 1.12. The van der Waals surface area contributed by atoms with Gasteiger partial charge in [0.1, 0.15) is 11.7 Å². The van der Waals surface area contributed by atoms with E-state index in [9.17, 15) is 18.4 Å². The van der Waals surface area contributed by atoms with E-state index in [4.69, 9.17) is 10.5 Å². The lowest BCUT2D eigenvalue weighted by atomic mass is 9.53. The van der Waals surface area contributed by atoms with Crippen molar-refractivity contribution in [2.75, 3.05) is 0 Å². The van der Waals surface area contributed by atoms with Gasteiger partial charge >= 0.3 is 0 Å². The fraction of sp³-hybridized carbons (Fsp3) is 0.370. The van der Waals surface area contributed by atoms with E-state index in [-0.39, 0.29) is 34.7 Å². The van der Waals surface area contributed by atoms with E-state index < -0.39 is 24.1 Å². The molecule has 0 aromatic carbocycles. The molecule has 4 heterocycles. The fourth-order valence-electron chi connectivity index (χ4n) is 5.97. The van der Waals surface area contributed by atoms with E-state index in [2.05, 4.69) is 20.4 Å². The van der Waals surface area contributed by atoms with Crippen molar-refractivity contribution < 1.29 is 23.1 Å². The van der Waals surface area contributed by atoms with Crippen LogP contribution in [0.15, 0.2) is 42.9 Å². The first-order valence-electron chi connectivity index (χ1n) is 12.7. The van der Waals surface area contributed by atoms with Gasteiger partial charge < -0.3 is 15.8 Å². The molecule has 202 valence electrons. The van der Waals surface area contributed by atoms with Crippen LogP contribution in [0.2, 0.25) is 0 Å². The lowest BCUT2D eigenvalue weighted by molar-refractivity contribution is -0.0848. The molecule has 0 aliphatic heterocycles. The van der Waals surface area contributed by atoms with Crippen LogP contribution in [-0.2, 0) is 7.05 Å². The lowest BCUT2D eigenvalue weighted by Crippen LogP contribution is -2.58. The number of carbonyl (C=O) groups excluding carboxylic acids is 2. The molecule has 0 bridgehead atoms. The third-order valence-electron chi connectivity index (χ3n) is 7.73. The zero-order valence-corrected chi connectivity index (χ0v) is 21.4. The second-order valence-corrected chi connectivity index (χ2v) is 10.5. The largest absolute Gasteiger partial charge is 0.474 e. The minimum atomic E-state index is -2.85. The molecule has 2 amide bonds. The molecule has 12 heteroatoms. The van der Waals surface area contributed by atoms with Crippen LogP contribution in [-0.4, -0.2) is 48.1 Å². The average molecular weight is 536 g/mol. The van der Waals surface area contributed by atoms with Crippen LogP contribution in [0.25, 0.3) is 16.6 Å². The van der Waals surface area contributed by atoms with Crippen molar-refractivity contribution in [3.8, 4) is 17.0 Å². The number of imidazole rings is 1. The van der Waals surface area contributed by atoms with Gasteiger partial charge in [-0.2, -0.15) is 5.10 Å². The highest BCUT2D eigenvalue weighted by molar-refractivity contribution is 5.99. The quantitative estimate of drug-likeness (QED) is 0.372. The van der Waals surface area contributed by atoms with Crippen molar-refractivity contribution in [1.82, 2.24) is 29.5 Å². The molecule has 10 nitrogen and oxygen atoms in total. The van der Waals surface area contributed by atoms with E-state index in [1.807, 2.05) is 13.1 Å². The summed E-state index contributed by atoms with van der Waals surface area (Å²) in [5, 5.41) is 7.28. The molecule has 2 aliphatic carbocycles. The number of halogens is 2. The van der Waals surface area contributed by atoms with Gasteiger partial charge in [-0.05, 0) is 56.2 Å². The third kappa shape index (κ3) is 4.39. The van der Waals surface area contributed by atoms with Gasteiger partial charge in [-0.1, -0.05) is 6.07 Å². The standard InChI is InChI=1S/C27H27F2N7O3/c1-14-19(13-35(2)34-14)15-5-6-20-21(33-24(22(28)29)36(20)12-15)25(38)32-16-8-27(9-16)10-17(11-27)39-26-18(23(30)37)4-3-7-31-26/h3-7,12-13,16-17,22H,8-11H2,1-2H3,(H2,30,37)(H,32,38). The Bertz CT molecular complexity index is 1600. The Morgan fingerprint density at radius 1 is 1.18 bits per heavy atom. The Hall–Kier alpha value is -4.35. The van der Waals surface area contributed by atoms with Crippen LogP contribution in [0.1, 0.15) is 64.5 Å². The van der Waals surface area contributed by atoms with Gasteiger partial charge in [0.2, 0.25) is 5.88 Å². The number of pyridine rings is 2. The number of nitrogens with two attached hydrogens (primary N) is 1. The van der Waals surface area contributed by atoms with Crippen molar-refractivity contribution in [3.63, 3.8) is 0 Å². The number of aromatic nitrogens is 5. The number of amides is 2. The summed E-state index contributed by atoms with van der Waals surface area (Å²) < 4.78 is 36.6. The molecule has 1 spiro atoms. The summed E-state index contributed by atoms with van der Waals surface area (Å²) in [6, 6.07) is 6.55. The number of primary amides is 1. The van der Waals surface area contributed by atoms with Crippen LogP contribution in [0.4, 0.5) is 8.78 Å². The minimum Gasteiger partial charge on any atom is -0.474 e. The van der Waals surface area contributed by atoms with Gasteiger partial charge in [-0.15, -0.1) is 0 Å². The van der Waals surface area contributed by atoms with Crippen molar-refractivity contribution in [2.45, 2.75) is 51.2 Å². The molecule has 2 aliphatic rings. The molecular formula is C27H27F2N7O3. The van der Waals surface area contributed by atoms with Gasteiger partial charge in [0.15, 0.2) is 11.5 Å². The summed E-state index contributed by atoms with van der Waals surface area (Å²) in [4.78, 5) is 32.9. The number of hydrogen-bond donors (Lipinski definition) is 2. The number of rotatable bonds is 7. The second kappa shape index (κ2) is 9.14. The maximum absolute atomic E-state index is 13.9. The fourth-order valence-corrected chi connectivity index (χ4v) is 5.97. The number of hydrogen-bond acceptors (Lipinski definition) is 6. The normalized spacial score (nSPS) is 22.1. The molecule has 3 N–H and O–H groups in total. The topological polar surface area (TPSA) is 129 Å². The summed E-state index contributed by atoms with van der Waals surface area (Å²) >= 11 is 0. The molecule has 2 saturated carbocycles. The van der Waals surface area contributed by atoms with Crippen LogP contribution in [0.3, 0.4) is 0 Å². The number of aryl methyl sites for hydroxylation is 2. The molecule has 6 rings (SSSR count). The second-order valence-electron chi connectivity index (χ2n) is 10.5. The Morgan fingerprint density at radius 2 is 1.95 bits per heavy atom. The van der Waals surface area contributed by atoms with Crippen LogP contribution in [0.5, 0.6) is 5.88 Å². The summed E-state index contributed by atoms with van der Waals surface area (Å²) in [6.45, 7) is 1.85. The molecule has 4 aromatic heterocycles. The van der Waals surface area contributed by atoms with Crippen LogP contribution < -0.4 is 15.8 Å². The first kappa shape index (κ1) is 25.0. The predicted octanol–water partition coefficient (Wildman–Crippen LogP) is 3.59. The van der Waals surface area contributed by atoms with Gasteiger partial charge in [0, 0.05) is 42.8 Å². The molecule has 4 aromatic rings. The molecule has 39 heavy (non-hydrogen) atoms. The molecule has 0 saturated heterocycles. The van der Waals surface area contributed by atoms with Crippen molar-refractivity contribution >= 4 is 17.3 Å². The predicted molar refractivity (Wildman–Crippen MR) is 136 cm³/mol. The summed E-state index contributed by atoms with van der Waals surface area (Å²) in [5.74, 6) is -1.31. The summed E-state index contributed by atoms with van der Waals surface area (Å²) in [5.41, 5.74) is 8.27. The summed E-state index contributed by atoms with van der Waals surface area (Å²) in [6.07, 6.45) is 5.05. The Labute approximate surface area is 222 Å². The van der Waals surface area contributed by atoms with Crippen molar-refractivity contribution in [2.24, 2.45) is 18.2 Å². The monoisotopic (exact) mass is 535 g/mol. The van der Waals surface area contributed by atoms with Crippen LogP contribution in [0, 0.1) is 12.3 Å². The van der Waals surface area contributed by atoms with Crippen LogP contribution >= 0.6 is 0 Å². The highest BCUT2D eigenvalue weighted by Crippen LogP contribution is 2.56. The van der Waals surface area contributed by atoms with Gasteiger partial charge in [-0.3, -0.25) is 18.7 Å². The van der Waals surface area contributed by atoms with E-state index >= 15 is 0 Å². The molecule has 0 unspecified atom stereocenters. The Kier molecular flexibility index (Phi) is 5.85. The van der Waals surface area contributed by atoms with Gasteiger partial charge in [0.05, 0.1) is 11.2 Å². The highest BCUT2D eigenvalue weighted by Gasteiger charge is 2.54. The first-order valence-corrected chi connectivity index (χ1v) is 12.7. The average Bonchev–Trinajstić information content (AvgIpc) is 3.40. The van der Waals surface area contributed by atoms with Gasteiger partial charge in [-0.25, -0.2) is 18.7 Å². The SMILES string of the molecule is Cc1nn(C)cc1-c1ccc2c(C(=O)NC3CC4(C3)CC(Oc3ncccc3C(N)=O)C4)nc(C(F)F)n2c1. The molecule has 0 radical (unpaired) electrons. The zero-order chi connectivity index (χ0) is 27.5. The Morgan fingerprint density at radius 3 is 2.62 bits per heavy atom. The molecule has 0 atom stereocenters. The first-order chi connectivity index (χ1) is 18.6. The number of carbonyl (C=O) groups is 2. The number of alkyl halides is 2. The number of nitrogens with one attached hydrogen (secondary N) is 1. The maximum Gasteiger partial charge on any atom is 0.295 e. The zero-order valence-electron chi connectivity index (χ0n) is 21.4. The van der Waals surface area contributed by atoms with E-state index in [0.29, 0.717) is 11.1 Å². The minimum absolute atomic E-state index is 0.0235. The van der Waals surface area contributed by atoms with E-state index in [0.717, 1.165) is 36.9 Å². The molecular weight excluding hydrogens is 508 g/mol. The number of fused-ring (bicyclic) bond motifs is 1. The lowest BCUT2D eigenvalue weighted by Gasteiger charge is -2.57. The van der Waals surface area contributed by atoms with Gasteiger partial charge in [0.25, 0.3) is 18.2 Å². The van der Waals surface area contributed by atoms with Crippen molar-refractivity contribution in [1.29, 1.82) is 0 Å². The van der Waals surface area contributed by atoms with E-state index in [1.165, 1.54) is 4.40 Å². The number of nitrogens with zero attached hydrogens (tertiary/aromatic N) is 5. The maximum atomic E-state index is 13.9. The smallest absolute Gasteiger partial charge is 0.295 e.